The number of amides is 1. The molecule has 36 heavy (non-hydrogen) atoms. The van der Waals surface area contributed by atoms with E-state index in [2.05, 4.69) is 15.9 Å². The highest BCUT2D eigenvalue weighted by Gasteiger charge is 2.47. The first-order chi connectivity index (χ1) is 17.4. The van der Waals surface area contributed by atoms with Gasteiger partial charge in [0.25, 0.3) is 11.7 Å². The molecule has 5 rings (SSSR count). The van der Waals surface area contributed by atoms with Crippen molar-refractivity contribution in [3.8, 4) is 11.5 Å². The van der Waals surface area contributed by atoms with E-state index in [1.165, 1.54) is 4.90 Å². The van der Waals surface area contributed by atoms with Gasteiger partial charge < -0.3 is 9.84 Å². The number of aryl methyl sites for hydroxylation is 1. The maximum Gasteiger partial charge on any atom is 0.300 e. The Morgan fingerprint density at radius 3 is 2.22 bits per heavy atom. The summed E-state index contributed by atoms with van der Waals surface area (Å²) in [5, 5.41) is 11.3. The van der Waals surface area contributed by atoms with Crippen LogP contribution < -0.4 is 9.64 Å². The Kier molecular flexibility index (Phi) is 6.44. The molecule has 1 amide bonds. The molecule has 1 N–H and O–H groups in total. The number of anilines is 1. The number of Topliss-reactive ketones (excluding diaryl/α,β-unsaturated/α-hetero) is 1. The molecule has 5 nitrogen and oxygen atoms in total. The van der Waals surface area contributed by atoms with E-state index >= 15 is 0 Å². The van der Waals surface area contributed by atoms with Crippen LogP contribution in [-0.4, -0.2) is 16.8 Å². The predicted molar refractivity (Wildman–Crippen MR) is 143 cm³/mol. The van der Waals surface area contributed by atoms with Crippen LogP contribution in [0, 0.1) is 6.92 Å². The van der Waals surface area contributed by atoms with Gasteiger partial charge in [0.2, 0.25) is 0 Å². The van der Waals surface area contributed by atoms with Gasteiger partial charge in [-0.05, 0) is 60.5 Å². The molecule has 1 aliphatic heterocycles. The number of ketones is 1. The van der Waals surface area contributed by atoms with Crippen molar-refractivity contribution < 1.29 is 19.4 Å². The molecule has 1 unspecified atom stereocenters. The van der Waals surface area contributed by atoms with E-state index in [-0.39, 0.29) is 11.3 Å². The first-order valence-corrected chi connectivity index (χ1v) is 12.2. The molecule has 4 aromatic carbocycles. The maximum atomic E-state index is 13.4. The quantitative estimate of drug-likeness (QED) is 0.166. The average molecular weight is 540 g/mol. The number of halogens is 1. The van der Waals surface area contributed by atoms with Crippen molar-refractivity contribution in [2.24, 2.45) is 0 Å². The Balaban J connectivity index is 1.68. The summed E-state index contributed by atoms with van der Waals surface area (Å²) in [6.45, 7) is 1.88. The Morgan fingerprint density at radius 2 is 1.50 bits per heavy atom. The van der Waals surface area contributed by atoms with Crippen LogP contribution in [0.2, 0.25) is 0 Å². The zero-order chi connectivity index (χ0) is 25.2. The molecule has 1 saturated heterocycles. The number of hydrogen-bond acceptors (Lipinski definition) is 4. The lowest BCUT2D eigenvalue weighted by molar-refractivity contribution is -0.132. The highest BCUT2D eigenvalue weighted by atomic mass is 79.9. The summed E-state index contributed by atoms with van der Waals surface area (Å²) in [7, 11) is 0. The summed E-state index contributed by atoms with van der Waals surface area (Å²) in [5.41, 5.74) is 2.56. The second-order valence-corrected chi connectivity index (χ2v) is 9.37. The van der Waals surface area contributed by atoms with E-state index in [0.29, 0.717) is 28.3 Å². The molecule has 1 fully saturated rings. The lowest BCUT2D eigenvalue weighted by atomic mass is 9.94. The lowest BCUT2D eigenvalue weighted by Gasteiger charge is -2.27. The molecule has 1 heterocycles. The average Bonchev–Trinajstić information content (AvgIpc) is 3.15. The minimum Gasteiger partial charge on any atom is -0.507 e. The number of ether oxygens (including phenoxy) is 1. The molecule has 0 aromatic heterocycles. The Bertz CT molecular complexity index is 1480. The molecule has 1 aliphatic rings. The molecule has 0 aliphatic carbocycles. The van der Waals surface area contributed by atoms with Gasteiger partial charge in [-0.25, -0.2) is 0 Å². The molecule has 1 atom stereocenters. The van der Waals surface area contributed by atoms with Crippen molar-refractivity contribution in [2.45, 2.75) is 13.0 Å². The van der Waals surface area contributed by atoms with Gasteiger partial charge in [0.15, 0.2) is 0 Å². The monoisotopic (exact) mass is 539 g/mol. The van der Waals surface area contributed by atoms with Gasteiger partial charge in [0.05, 0.1) is 11.6 Å². The maximum absolute atomic E-state index is 13.4. The predicted octanol–water partition coefficient (Wildman–Crippen LogP) is 7.18. The first-order valence-electron chi connectivity index (χ1n) is 11.4. The van der Waals surface area contributed by atoms with Gasteiger partial charge >= 0.3 is 0 Å². The van der Waals surface area contributed by atoms with Crippen LogP contribution in [0.3, 0.4) is 0 Å². The summed E-state index contributed by atoms with van der Waals surface area (Å²) in [4.78, 5) is 28.3. The highest BCUT2D eigenvalue weighted by Crippen LogP contribution is 2.44. The van der Waals surface area contributed by atoms with Crippen molar-refractivity contribution >= 4 is 39.1 Å². The number of aliphatic hydroxyl groups is 1. The van der Waals surface area contributed by atoms with Crippen molar-refractivity contribution in [3.63, 3.8) is 0 Å². The van der Waals surface area contributed by atoms with Crippen LogP contribution in [0.25, 0.3) is 5.76 Å². The summed E-state index contributed by atoms with van der Waals surface area (Å²) >= 11 is 3.39. The molecular formula is C30H22BrNO4. The standard InChI is InChI=1S/C30H22BrNO4/c1-19-8-5-6-13-25(19)32-27(21-9-7-12-24(18-21)36-23-10-3-2-4-11-23)26(29(34)30(32)35)28(33)20-14-16-22(31)17-15-20/h2-18,27,33H,1H3/b28-26-. The first kappa shape index (κ1) is 23.6. The number of nitrogens with zero attached hydrogens (tertiary/aromatic N) is 1. The van der Waals surface area contributed by atoms with E-state index in [1.54, 1.807) is 36.4 Å². The fraction of sp³-hybridized carbons (Fsp3) is 0.0667. The Labute approximate surface area is 217 Å². The fourth-order valence-corrected chi connectivity index (χ4v) is 4.63. The minimum atomic E-state index is -0.839. The summed E-state index contributed by atoms with van der Waals surface area (Å²) in [5.74, 6) is -0.438. The number of hydrogen-bond donors (Lipinski definition) is 1. The van der Waals surface area contributed by atoms with E-state index in [1.807, 2.05) is 73.7 Å². The third-order valence-electron chi connectivity index (χ3n) is 6.09. The lowest BCUT2D eigenvalue weighted by Crippen LogP contribution is -2.30. The molecule has 0 spiro atoms. The second kappa shape index (κ2) is 9.84. The Morgan fingerprint density at radius 1 is 0.833 bits per heavy atom. The van der Waals surface area contributed by atoms with Crippen molar-refractivity contribution in [3.05, 3.63) is 130 Å². The van der Waals surface area contributed by atoms with Crippen LogP contribution in [-0.2, 0) is 9.59 Å². The molecule has 178 valence electrons. The number of carbonyl (C=O) groups excluding carboxylic acids is 2. The van der Waals surface area contributed by atoms with Crippen molar-refractivity contribution in [2.75, 3.05) is 4.90 Å². The molecule has 6 heteroatoms. The van der Waals surface area contributed by atoms with Gasteiger partial charge in [-0.15, -0.1) is 0 Å². The molecule has 0 saturated carbocycles. The number of benzene rings is 4. The minimum absolute atomic E-state index is 0.0300. The van der Waals surface area contributed by atoms with E-state index in [9.17, 15) is 14.7 Å². The van der Waals surface area contributed by atoms with Gasteiger partial charge in [-0.2, -0.15) is 0 Å². The summed E-state index contributed by atoms with van der Waals surface area (Å²) < 4.78 is 6.85. The van der Waals surface area contributed by atoms with E-state index < -0.39 is 17.7 Å². The van der Waals surface area contributed by atoms with Crippen LogP contribution in [0.15, 0.2) is 113 Å². The molecular weight excluding hydrogens is 518 g/mol. The largest absolute Gasteiger partial charge is 0.507 e. The van der Waals surface area contributed by atoms with Crippen LogP contribution in [0.1, 0.15) is 22.7 Å². The molecule has 0 bridgehead atoms. The topological polar surface area (TPSA) is 66.8 Å². The number of aliphatic hydroxyl groups excluding tert-OH is 1. The van der Waals surface area contributed by atoms with Crippen LogP contribution in [0.4, 0.5) is 5.69 Å². The number of para-hydroxylation sites is 2. The highest BCUT2D eigenvalue weighted by molar-refractivity contribution is 9.10. The third-order valence-corrected chi connectivity index (χ3v) is 6.62. The van der Waals surface area contributed by atoms with Crippen LogP contribution >= 0.6 is 15.9 Å². The van der Waals surface area contributed by atoms with Crippen molar-refractivity contribution in [1.82, 2.24) is 0 Å². The smallest absolute Gasteiger partial charge is 0.300 e. The van der Waals surface area contributed by atoms with Crippen molar-refractivity contribution in [1.29, 1.82) is 0 Å². The van der Waals surface area contributed by atoms with Gasteiger partial charge in [0.1, 0.15) is 17.3 Å². The summed E-state index contributed by atoms with van der Waals surface area (Å²) in [6, 6.07) is 30.1. The molecule has 4 aromatic rings. The van der Waals surface area contributed by atoms with E-state index in [4.69, 9.17) is 4.74 Å². The van der Waals surface area contributed by atoms with Gasteiger partial charge in [0, 0.05) is 15.7 Å². The van der Waals surface area contributed by atoms with Gasteiger partial charge in [-0.1, -0.05) is 76.6 Å². The number of rotatable bonds is 5. The SMILES string of the molecule is Cc1ccccc1N1C(=O)C(=O)/C(=C(\O)c2ccc(Br)cc2)C1c1cccc(Oc2ccccc2)c1. The fourth-order valence-electron chi connectivity index (χ4n) is 4.37. The number of carbonyl (C=O) groups is 2. The zero-order valence-corrected chi connectivity index (χ0v) is 21.0. The normalized spacial score (nSPS) is 16.8. The third kappa shape index (κ3) is 4.43. The van der Waals surface area contributed by atoms with Crippen LogP contribution in [0.5, 0.6) is 11.5 Å². The Hall–Kier alpha value is -4.16. The summed E-state index contributed by atoms with van der Waals surface area (Å²) in [6.07, 6.45) is 0. The van der Waals surface area contributed by atoms with Gasteiger partial charge in [-0.3, -0.25) is 14.5 Å². The van der Waals surface area contributed by atoms with E-state index in [0.717, 1.165) is 10.0 Å². The zero-order valence-electron chi connectivity index (χ0n) is 19.4. The molecule has 0 radical (unpaired) electrons. The second-order valence-electron chi connectivity index (χ2n) is 8.45.